The van der Waals surface area contributed by atoms with E-state index in [2.05, 4.69) is 29.3 Å². The van der Waals surface area contributed by atoms with E-state index >= 15 is 0 Å². The molecular weight excluding hydrogens is 300 g/mol. The van der Waals surface area contributed by atoms with Gasteiger partial charge in [0.05, 0.1) is 0 Å². The molecule has 1 aliphatic carbocycles. The fourth-order valence-electron chi connectivity index (χ4n) is 3.96. The molecule has 1 heterocycles. The second-order valence-electron chi connectivity index (χ2n) is 7.59. The lowest BCUT2D eigenvalue weighted by molar-refractivity contribution is 0.0929. The van der Waals surface area contributed by atoms with Crippen LogP contribution in [0.4, 0.5) is 0 Å². The molecule has 24 heavy (non-hydrogen) atoms. The second kappa shape index (κ2) is 8.13. The number of piperidine rings is 1. The maximum Gasteiger partial charge on any atom is 0.251 e. The smallest absolute Gasteiger partial charge is 0.251 e. The largest absolute Gasteiger partial charge is 0.396 e. The molecule has 1 aromatic carbocycles. The maximum absolute atomic E-state index is 12.4. The summed E-state index contributed by atoms with van der Waals surface area (Å²) >= 11 is 0. The lowest BCUT2D eigenvalue weighted by Crippen LogP contribution is -2.36. The van der Waals surface area contributed by atoms with Gasteiger partial charge >= 0.3 is 0 Å². The molecule has 1 aliphatic heterocycles. The van der Waals surface area contributed by atoms with Crippen LogP contribution < -0.4 is 5.32 Å². The van der Waals surface area contributed by atoms with Crippen molar-refractivity contribution in [1.29, 1.82) is 0 Å². The average molecular weight is 330 g/mol. The van der Waals surface area contributed by atoms with Gasteiger partial charge in [0.25, 0.3) is 5.91 Å². The first kappa shape index (κ1) is 17.4. The number of hydrogen-bond acceptors (Lipinski definition) is 3. The molecule has 1 saturated heterocycles. The summed E-state index contributed by atoms with van der Waals surface area (Å²) in [5.74, 6) is 1.13. The Hall–Kier alpha value is -1.39. The van der Waals surface area contributed by atoms with E-state index in [0.717, 1.165) is 44.5 Å². The standard InChI is InChI=1S/C20H30N2O2/c1-15-3-2-4-19(15)21-20(24)18-7-5-16(6-8-18)13-22-11-9-17(14-23)10-12-22/h5-8,15,17,19,23H,2-4,9-14H2,1H3,(H,21,24). The van der Waals surface area contributed by atoms with Crippen LogP contribution in [0.15, 0.2) is 24.3 Å². The van der Waals surface area contributed by atoms with Crippen molar-refractivity contribution >= 4 is 5.91 Å². The van der Waals surface area contributed by atoms with Crippen LogP contribution in [0.25, 0.3) is 0 Å². The number of nitrogens with one attached hydrogen (secondary N) is 1. The Bertz CT molecular complexity index is 535. The predicted octanol–water partition coefficient (Wildman–Crippen LogP) is 2.81. The first-order chi connectivity index (χ1) is 11.7. The number of hydrogen-bond donors (Lipinski definition) is 2. The Kier molecular flexibility index (Phi) is 5.90. The molecular formula is C20H30N2O2. The zero-order valence-electron chi connectivity index (χ0n) is 14.7. The molecule has 132 valence electrons. The number of carbonyl (C=O) groups is 1. The molecule has 1 aromatic rings. The van der Waals surface area contributed by atoms with Crippen molar-refractivity contribution < 1.29 is 9.90 Å². The minimum Gasteiger partial charge on any atom is -0.396 e. The van der Waals surface area contributed by atoms with Gasteiger partial charge in [-0.2, -0.15) is 0 Å². The molecule has 4 nitrogen and oxygen atoms in total. The summed E-state index contributed by atoms with van der Waals surface area (Å²) < 4.78 is 0. The summed E-state index contributed by atoms with van der Waals surface area (Å²) in [5, 5.41) is 12.4. The Balaban J connectivity index is 1.50. The van der Waals surface area contributed by atoms with Gasteiger partial charge in [-0.25, -0.2) is 0 Å². The number of likely N-dealkylation sites (tertiary alicyclic amines) is 1. The molecule has 4 heteroatoms. The average Bonchev–Trinajstić information content (AvgIpc) is 3.01. The highest BCUT2D eigenvalue weighted by atomic mass is 16.3. The predicted molar refractivity (Wildman–Crippen MR) is 95.8 cm³/mol. The van der Waals surface area contributed by atoms with Crippen LogP contribution >= 0.6 is 0 Å². The summed E-state index contributed by atoms with van der Waals surface area (Å²) in [6.45, 7) is 5.57. The third-order valence-electron chi connectivity index (χ3n) is 5.77. The van der Waals surface area contributed by atoms with E-state index in [1.807, 2.05) is 12.1 Å². The number of aliphatic hydroxyl groups excluding tert-OH is 1. The molecule has 2 unspecified atom stereocenters. The van der Waals surface area contributed by atoms with Crippen LogP contribution in [0.1, 0.15) is 54.9 Å². The van der Waals surface area contributed by atoms with Crippen molar-refractivity contribution in [1.82, 2.24) is 10.2 Å². The van der Waals surface area contributed by atoms with Gasteiger partial charge in [-0.05, 0) is 68.3 Å². The highest BCUT2D eigenvalue weighted by Crippen LogP contribution is 2.25. The van der Waals surface area contributed by atoms with Gasteiger partial charge in [0, 0.05) is 24.8 Å². The van der Waals surface area contributed by atoms with Gasteiger partial charge < -0.3 is 10.4 Å². The van der Waals surface area contributed by atoms with Gasteiger partial charge in [0.2, 0.25) is 0 Å². The zero-order valence-corrected chi connectivity index (χ0v) is 14.7. The number of amides is 1. The van der Waals surface area contributed by atoms with Crippen LogP contribution in [0.2, 0.25) is 0 Å². The Morgan fingerprint density at radius 2 is 1.88 bits per heavy atom. The van der Waals surface area contributed by atoms with Crippen molar-refractivity contribution in [2.45, 2.75) is 51.6 Å². The quantitative estimate of drug-likeness (QED) is 0.873. The van der Waals surface area contributed by atoms with E-state index in [1.54, 1.807) is 0 Å². The van der Waals surface area contributed by atoms with E-state index in [9.17, 15) is 9.90 Å². The second-order valence-corrected chi connectivity index (χ2v) is 7.59. The number of nitrogens with zero attached hydrogens (tertiary/aromatic N) is 1. The van der Waals surface area contributed by atoms with Gasteiger partial charge in [0.15, 0.2) is 0 Å². The third kappa shape index (κ3) is 4.37. The van der Waals surface area contributed by atoms with Gasteiger partial charge in [0.1, 0.15) is 0 Å². The fourth-order valence-corrected chi connectivity index (χ4v) is 3.96. The van der Waals surface area contributed by atoms with Crippen molar-refractivity contribution in [3.63, 3.8) is 0 Å². The third-order valence-corrected chi connectivity index (χ3v) is 5.77. The number of carbonyl (C=O) groups excluding carboxylic acids is 1. The highest BCUT2D eigenvalue weighted by molar-refractivity contribution is 5.94. The number of aliphatic hydroxyl groups is 1. The van der Waals surface area contributed by atoms with E-state index in [4.69, 9.17) is 0 Å². The van der Waals surface area contributed by atoms with Crippen molar-refractivity contribution in [2.75, 3.05) is 19.7 Å². The van der Waals surface area contributed by atoms with E-state index < -0.39 is 0 Å². The van der Waals surface area contributed by atoms with Crippen molar-refractivity contribution in [2.24, 2.45) is 11.8 Å². The monoisotopic (exact) mass is 330 g/mol. The van der Waals surface area contributed by atoms with Crippen LogP contribution in [0.3, 0.4) is 0 Å². The normalized spacial score (nSPS) is 25.8. The molecule has 0 spiro atoms. The fraction of sp³-hybridized carbons (Fsp3) is 0.650. The minimum absolute atomic E-state index is 0.0593. The van der Waals surface area contributed by atoms with Crippen LogP contribution in [0, 0.1) is 11.8 Å². The van der Waals surface area contributed by atoms with Crippen molar-refractivity contribution in [3.8, 4) is 0 Å². The first-order valence-electron chi connectivity index (χ1n) is 9.38. The molecule has 2 aliphatic rings. The van der Waals surface area contributed by atoms with Crippen molar-refractivity contribution in [3.05, 3.63) is 35.4 Å². The summed E-state index contributed by atoms with van der Waals surface area (Å²) in [7, 11) is 0. The minimum atomic E-state index is 0.0593. The van der Waals surface area contributed by atoms with Gasteiger partial charge in [-0.1, -0.05) is 25.5 Å². The van der Waals surface area contributed by atoms with E-state index in [-0.39, 0.29) is 5.91 Å². The van der Waals surface area contributed by atoms with Gasteiger partial charge in [-0.15, -0.1) is 0 Å². The molecule has 1 amide bonds. The molecule has 1 saturated carbocycles. The van der Waals surface area contributed by atoms with Crippen LogP contribution in [-0.2, 0) is 6.54 Å². The summed E-state index contributed by atoms with van der Waals surface area (Å²) in [4.78, 5) is 14.8. The van der Waals surface area contributed by atoms with E-state index in [1.165, 1.54) is 18.4 Å². The molecule has 0 bridgehead atoms. The first-order valence-corrected chi connectivity index (χ1v) is 9.38. The number of benzene rings is 1. The van der Waals surface area contributed by atoms with Gasteiger partial charge in [-0.3, -0.25) is 9.69 Å². The SMILES string of the molecule is CC1CCCC1NC(=O)c1ccc(CN2CCC(CO)CC2)cc1. The molecule has 3 rings (SSSR count). The summed E-state index contributed by atoms with van der Waals surface area (Å²) in [6, 6.07) is 8.39. The Morgan fingerprint density at radius 3 is 2.46 bits per heavy atom. The Morgan fingerprint density at radius 1 is 1.17 bits per heavy atom. The number of rotatable bonds is 5. The molecule has 2 fully saturated rings. The highest BCUT2D eigenvalue weighted by Gasteiger charge is 2.25. The molecule has 2 N–H and O–H groups in total. The lowest BCUT2D eigenvalue weighted by atomic mass is 9.97. The summed E-state index contributed by atoms with van der Waals surface area (Å²) in [6.07, 6.45) is 5.71. The maximum atomic E-state index is 12.4. The van der Waals surface area contributed by atoms with E-state index in [0.29, 0.717) is 24.5 Å². The Labute approximate surface area is 145 Å². The molecule has 2 atom stereocenters. The summed E-state index contributed by atoms with van der Waals surface area (Å²) in [5.41, 5.74) is 2.01. The lowest BCUT2D eigenvalue weighted by Gasteiger charge is -2.31. The van der Waals surface area contributed by atoms with Crippen LogP contribution in [0.5, 0.6) is 0 Å². The van der Waals surface area contributed by atoms with Crippen LogP contribution in [-0.4, -0.2) is 41.7 Å². The molecule has 0 aromatic heterocycles. The molecule has 0 radical (unpaired) electrons. The topological polar surface area (TPSA) is 52.6 Å². The zero-order chi connectivity index (χ0) is 16.9.